The van der Waals surface area contributed by atoms with E-state index in [4.69, 9.17) is 14.9 Å². The highest BCUT2D eigenvalue weighted by molar-refractivity contribution is 5.96. The number of nitrogens with one attached hydrogen (secondary N) is 1. The number of rotatable bonds is 9. The van der Waals surface area contributed by atoms with E-state index in [2.05, 4.69) is 0 Å². The van der Waals surface area contributed by atoms with Crippen LogP contribution in [-0.2, 0) is 9.47 Å². The number of ether oxygens (including phenoxy) is 2. The summed E-state index contributed by atoms with van der Waals surface area (Å²) in [4.78, 5) is 2.00. The molecule has 106 valence electrons. The second kappa shape index (κ2) is 9.53. The molecule has 0 bridgehead atoms. The van der Waals surface area contributed by atoms with Crippen LogP contribution in [0.1, 0.15) is 19.4 Å². The average Bonchev–Trinajstić information content (AvgIpc) is 2.46. The molecule has 0 radical (unpaired) electrons. The van der Waals surface area contributed by atoms with Crippen molar-refractivity contribution in [1.29, 1.82) is 5.41 Å². The van der Waals surface area contributed by atoms with Crippen LogP contribution in [0.4, 0.5) is 0 Å². The SMILES string of the molecule is CCOCCN(CCOCC)C(=N)c1ccccc1. The first kappa shape index (κ1) is 15.7. The maximum atomic E-state index is 8.27. The van der Waals surface area contributed by atoms with Gasteiger partial charge in [0.15, 0.2) is 0 Å². The fourth-order valence-electron chi connectivity index (χ4n) is 1.75. The molecule has 0 heterocycles. The van der Waals surface area contributed by atoms with Crippen molar-refractivity contribution in [2.75, 3.05) is 39.5 Å². The minimum atomic E-state index is 0.528. The largest absolute Gasteiger partial charge is 0.380 e. The van der Waals surface area contributed by atoms with Crippen molar-refractivity contribution in [2.45, 2.75) is 13.8 Å². The summed E-state index contributed by atoms with van der Waals surface area (Å²) in [7, 11) is 0. The highest BCUT2D eigenvalue weighted by Gasteiger charge is 2.11. The molecule has 19 heavy (non-hydrogen) atoms. The van der Waals surface area contributed by atoms with Gasteiger partial charge in [-0.1, -0.05) is 30.3 Å². The molecule has 0 spiro atoms. The molecule has 0 aliphatic heterocycles. The van der Waals surface area contributed by atoms with E-state index in [0.717, 1.165) is 5.56 Å². The summed E-state index contributed by atoms with van der Waals surface area (Å²) < 4.78 is 10.8. The van der Waals surface area contributed by atoms with Gasteiger partial charge in [-0.25, -0.2) is 0 Å². The van der Waals surface area contributed by atoms with Crippen LogP contribution in [0.3, 0.4) is 0 Å². The van der Waals surface area contributed by atoms with Gasteiger partial charge in [-0.05, 0) is 13.8 Å². The van der Waals surface area contributed by atoms with Crippen molar-refractivity contribution >= 4 is 5.84 Å². The zero-order valence-corrected chi connectivity index (χ0v) is 11.9. The molecule has 0 aliphatic carbocycles. The van der Waals surface area contributed by atoms with Crippen molar-refractivity contribution in [3.8, 4) is 0 Å². The summed E-state index contributed by atoms with van der Waals surface area (Å²) in [5.41, 5.74) is 0.926. The van der Waals surface area contributed by atoms with Gasteiger partial charge in [0.25, 0.3) is 0 Å². The molecule has 0 atom stereocenters. The molecule has 1 rings (SSSR count). The summed E-state index contributed by atoms with van der Waals surface area (Å²) >= 11 is 0. The third kappa shape index (κ3) is 5.85. The Labute approximate surface area is 115 Å². The second-order valence-electron chi connectivity index (χ2n) is 4.10. The lowest BCUT2D eigenvalue weighted by Gasteiger charge is -2.25. The van der Waals surface area contributed by atoms with E-state index in [-0.39, 0.29) is 0 Å². The smallest absolute Gasteiger partial charge is 0.128 e. The minimum Gasteiger partial charge on any atom is -0.380 e. The molecule has 1 aromatic rings. The van der Waals surface area contributed by atoms with Gasteiger partial charge in [-0.2, -0.15) is 0 Å². The number of hydrogen-bond donors (Lipinski definition) is 1. The minimum absolute atomic E-state index is 0.528. The molecule has 0 saturated carbocycles. The van der Waals surface area contributed by atoms with Crippen LogP contribution in [0, 0.1) is 5.41 Å². The van der Waals surface area contributed by atoms with Gasteiger partial charge in [0.1, 0.15) is 5.84 Å². The van der Waals surface area contributed by atoms with Gasteiger partial charge in [0.05, 0.1) is 13.2 Å². The molecule has 0 amide bonds. The summed E-state index contributed by atoms with van der Waals surface area (Å²) in [5.74, 6) is 0.528. The summed E-state index contributed by atoms with van der Waals surface area (Å²) in [5, 5.41) is 8.27. The van der Waals surface area contributed by atoms with E-state index in [0.29, 0.717) is 45.4 Å². The zero-order chi connectivity index (χ0) is 13.9. The summed E-state index contributed by atoms with van der Waals surface area (Å²) in [6, 6.07) is 9.77. The van der Waals surface area contributed by atoms with Crippen LogP contribution in [-0.4, -0.2) is 50.3 Å². The van der Waals surface area contributed by atoms with Gasteiger partial charge in [0, 0.05) is 31.9 Å². The Hall–Kier alpha value is -1.39. The van der Waals surface area contributed by atoms with Crippen LogP contribution in [0.5, 0.6) is 0 Å². The third-order valence-corrected chi connectivity index (χ3v) is 2.78. The Morgan fingerprint density at radius 2 is 1.53 bits per heavy atom. The molecule has 0 fully saturated rings. The van der Waals surface area contributed by atoms with Crippen molar-refractivity contribution in [2.24, 2.45) is 0 Å². The fourth-order valence-corrected chi connectivity index (χ4v) is 1.75. The Bertz CT molecular complexity index is 344. The molecule has 1 aromatic carbocycles. The van der Waals surface area contributed by atoms with E-state index in [9.17, 15) is 0 Å². The standard InChI is InChI=1S/C15H24N2O2/c1-3-18-12-10-17(11-13-19-4-2)15(16)14-8-6-5-7-9-14/h5-9,16H,3-4,10-13H2,1-2H3. The number of nitrogens with zero attached hydrogens (tertiary/aromatic N) is 1. The Morgan fingerprint density at radius 3 is 2.00 bits per heavy atom. The van der Waals surface area contributed by atoms with Crippen LogP contribution in [0.2, 0.25) is 0 Å². The maximum absolute atomic E-state index is 8.27. The number of hydrogen-bond acceptors (Lipinski definition) is 3. The van der Waals surface area contributed by atoms with Crippen LogP contribution < -0.4 is 0 Å². The topological polar surface area (TPSA) is 45.6 Å². The molecule has 0 aromatic heterocycles. The first-order valence-electron chi connectivity index (χ1n) is 6.84. The van der Waals surface area contributed by atoms with E-state index in [1.807, 2.05) is 49.1 Å². The lowest BCUT2D eigenvalue weighted by atomic mass is 10.2. The van der Waals surface area contributed by atoms with Gasteiger partial charge in [-0.3, -0.25) is 5.41 Å². The predicted octanol–water partition coefficient (Wildman–Crippen LogP) is 2.39. The zero-order valence-electron chi connectivity index (χ0n) is 11.9. The van der Waals surface area contributed by atoms with Crippen LogP contribution >= 0.6 is 0 Å². The molecule has 4 heteroatoms. The molecular weight excluding hydrogens is 240 g/mol. The lowest BCUT2D eigenvalue weighted by molar-refractivity contribution is 0.107. The third-order valence-electron chi connectivity index (χ3n) is 2.78. The van der Waals surface area contributed by atoms with Gasteiger partial charge >= 0.3 is 0 Å². The molecule has 0 unspecified atom stereocenters. The Morgan fingerprint density at radius 1 is 1.00 bits per heavy atom. The average molecular weight is 264 g/mol. The Kier molecular flexibility index (Phi) is 7.86. The van der Waals surface area contributed by atoms with Gasteiger partial charge in [0.2, 0.25) is 0 Å². The first-order valence-corrected chi connectivity index (χ1v) is 6.84. The van der Waals surface area contributed by atoms with E-state index in [1.165, 1.54) is 0 Å². The van der Waals surface area contributed by atoms with Crippen molar-refractivity contribution in [1.82, 2.24) is 4.90 Å². The Balaban J connectivity index is 2.57. The number of amidine groups is 1. The first-order chi connectivity index (χ1) is 9.29. The van der Waals surface area contributed by atoms with E-state index in [1.54, 1.807) is 0 Å². The molecule has 4 nitrogen and oxygen atoms in total. The number of benzene rings is 1. The lowest BCUT2D eigenvalue weighted by Crippen LogP contribution is -2.36. The summed E-state index contributed by atoms with van der Waals surface area (Å²) in [6.07, 6.45) is 0. The van der Waals surface area contributed by atoms with Crippen molar-refractivity contribution < 1.29 is 9.47 Å². The monoisotopic (exact) mass is 264 g/mol. The van der Waals surface area contributed by atoms with Crippen LogP contribution in [0.25, 0.3) is 0 Å². The highest BCUT2D eigenvalue weighted by atomic mass is 16.5. The predicted molar refractivity (Wildman–Crippen MR) is 77.8 cm³/mol. The fraction of sp³-hybridized carbons (Fsp3) is 0.533. The summed E-state index contributed by atoms with van der Waals surface area (Å²) in [6.45, 7) is 8.08. The quantitative estimate of drug-likeness (QED) is 0.423. The van der Waals surface area contributed by atoms with Crippen molar-refractivity contribution in [3.63, 3.8) is 0 Å². The molecular formula is C15H24N2O2. The molecule has 0 aliphatic rings. The normalized spacial score (nSPS) is 10.4. The molecule has 0 saturated heterocycles. The second-order valence-corrected chi connectivity index (χ2v) is 4.10. The highest BCUT2D eigenvalue weighted by Crippen LogP contribution is 2.04. The van der Waals surface area contributed by atoms with Gasteiger partial charge < -0.3 is 14.4 Å². The van der Waals surface area contributed by atoms with E-state index < -0.39 is 0 Å². The molecule has 1 N–H and O–H groups in total. The van der Waals surface area contributed by atoms with Crippen molar-refractivity contribution in [3.05, 3.63) is 35.9 Å². The maximum Gasteiger partial charge on any atom is 0.128 e. The van der Waals surface area contributed by atoms with Gasteiger partial charge in [-0.15, -0.1) is 0 Å². The van der Waals surface area contributed by atoms with Crippen LogP contribution in [0.15, 0.2) is 30.3 Å². The van der Waals surface area contributed by atoms with E-state index >= 15 is 0 Å².